The van der Waals surface area contributed by atoms with Crippen LogP contribution in [0.3, 0.4) is 0 Å². The summed E-state index contributed by atoms with van der Waals surface area (Å²) in [5.74, 6) is -96.0. The number of carbonyl (C=O) groups is 4. The van der Waals surface area contributed by atoms with E-state index in [9.17, 15) is 133 Å². The summed E-state index contributed by atoms with van der Waals surface area (Å²) in [6.07, 6.45) is -27.0. The molecule has 364 valence electrons. The van der Waals surface area contributed by atoms with E-state index in [2.05, 4.69) is 20.8 Å². The smallest absolute Gasteiger partial charge is 0.458 e. The minimum absolute atomic E-state index is 0.480. The molecule has 0 N–H and O–H groups in total. The van der Waals surface area contributed by atoms with Crippen molar-refractivity contribution in [2.75, 3.05) is 6.61 Å². The Morgan fingerprint density at radius 2 is 0.889 bits per heavy atom. The first kappa shape index (κ1) is 53.1. The molecular formula is C29H18F26O8. The molecular weight excluding hydrogens is 970 g/mol. The number of alkyl halides is 26. The quantitative estimate of drug-likeness (QED) is 0.0654. The molecule has 34 heteroatoms. The molecule has 0 heterocycles. The minimum atomic E-state index is -8.57. The molecule has 3 aliphatic carbocycles. The summed E-state index contributed by atoms with van der Waals surface area (Å²) in [6.45, 7) is 2.39. The average molecular weight is 988 g/mol. The summed E-state index contributed by atoms with van der Waals surface area (Å²) in [6, 6.07) is 0. The van der Waals surface area contributed by atoms with Crippen LogP contribution in [0.15, 0.2) is 12.2 Å². The van der Waals surface area contributed by atoms with Gasteiger partial charge in [-0.1, -0.05) is 6.58 Å². The summed E-state index contributed by atoms with van der Waals surface area (Å²) in [4.78, 5) is 48.6. The maximum absolute atomic E-state index is 14.6. The lowest BCUT2D eigenvalue weighted by molar-refractivity contribution is -0.437. The molecule has 3 aliphatic rings. The zero-order valence-electron chi connectivity index (χ0n) is 29.6. The second kappa shape index (κ2) is 14.7. The first-order valence-corrected chi connectivity index (χ1v) is 15.9. The number of hydrogen-bond acceptors (Lipinski definition) is 8. The van der Waals surface area contributed by atoms with Crippen molar-refractivity contribution >= 4 is 23.9 Å². The first-order valence-electron chi connectivity index (χ1n) is 15.9. The summed E-state index contributed by atoms with van der Waals surface area (Å²) < 4.78 is 371. The zero-order chi connectivity index (χ0) is 50.0. The van der Waals surface area contributed by atoms with Crippen molar-refractivity contribution in [3.63, 3.8) is 0 Å². The Kier molecular flexibility index (Phi) is 12.4. The fraction of sp³-hybridized carbons (Fsp3) is 0.793. The van der Waals surface area contributed by atoms with Gasteiger partial charge < -0.3 is 18.9 Å². The van der Waals surface area contributed by atoms with Crippen molar-refractivity contribution in [1.82, 2.24) is 0 Å². The molecule has 8 nitrogen and oxygen atoms in total. The Morgan fingerprint density at radius 1 is 0.524 bits per heavy atom. The zero-order valence-corrected chi connectivity index (χ0v) is 29.6. The van der Waals surface area contributed by atoms with Gasteiger partial charge >= 0.3 is 95.5 Å². The van der Waals surface area contributed by atoms with Crippen LogP contribution in [-0.4, -0.2) is 120 Å². The highest BCUT2D eigenvalue weighted by atomic mass is 19.4. The van der Waals surface area contributed by atoms with E-state index < -0.39 is 162 Å². The molecule has 3 rings (SSSR count). The minimum Gasteiger partial charge on any atom is -0.458 e. The Bertz CT molecular complexity index is 1870. The van der Waals surface area contributed by atoms with Crippen LogP contribution in [0.5, 0.6) is 0 Å². The second-order valence-corrected chi connectivity index (χ2v) is 14.1. The van der Waals surface area contributed by atoms with Gasteiger partial charge in [0.2, 0.25) is 0 Å². The molecule has 0 bridgehead atoms. The van der Waals surface area contributed by atoms with Crippen molar-refractivity contribution < 1.29 is 152 Å². The van der Waals surface area contributed by atoms with Crippen molar-refractivity contribution in [1.29, 1.82) is 0 Å². The lowest BCUT2D eigenvalue weighted by Gasteiger charge is -2.69. The van der Waals surface area contributed by atoms with E-state index in [-0.39, 0.29) is 0 Å². The van der Waals surface area contributed by atoms with Crippen LogP contribution in [0.4, 0.5) is 114 Å². The lowest BCUT2D eigenvalue weighted by Crippen LogP contribution is -2.76. The standard InChI is InChI=1S/C29H18F26O8/c1-8(2)13(57)60-7-12(56)63-16-4-9-3-11(62-15(59)19(32,33)21(36,37)23(40,41)25(44,45)27(48,49)29(53,54)55)17(9,16)6-10(5-16)61-14(58)18(30,31)20(34,35)22(38,39)24(42,43)26(46,47)28(50,51)52/h9-11H,1,3-7H2,2H3. The molecule has 0 amide bonds. The summed E-state index contributed by atoms with van der Waals surface area (Å²) in [5, 5.41) is 0. The SMILES string of the molecule is C=C(C)C(=O)OCC(=O)OC12CC(OC(=O)C(F)(F)C(F)(F)C(F)(F)C(F)(F)C(F)(F)C(F)(F)F)CC13C(CC3OC(=O)C(F)(F)C(F)(F)C(F)(F)C(F)(F)C(F)(F)C(F)(F)F)C2. The topological polar surface area (TPSA) is 105 Å². The molecule has 5 unspecified atom stereocenters. The molecule has 3 fully saturated rings. The van der Waals surface area contributed by atoms with Gasteiger partial charge in [-0.3, -0.25) is 0 Å². The van der Waals surface area contributed by atoms with E-state index >= 15 is 0 Å². The van der Waals surface area contributed by atoms with Gasteiger partial charge in [-0.25, -0.2) is 19.2 Å². The van der Waals surface area contributed by atoms with E-state index in [0.29, 0.717) is 0 Å². The fourth-order valence-corrected chi connectivity index (χ4v) is 6.88. The Hall–Kier alpha value is -4.20. The van der Waals surface area contributed by atoms with Crippen molar-refractivity contribution in [2.24, 2.45) is 11.3 Å². The van der Waals surface area contributed by atoms with Crippen molar-refractivity contribution in [2.45, 2.75) is 122 Å². The van der Waals surface area contributed by atoms with Crippen LogP contribution in [0.2, 0.25) is 0 Å². The molecule has 63 heavy (non-hydrogen) atoms. The van der Waals surface area contributed by atoms with Gasteiger partial charge in [-0.2, -0.15) is 114 Å². The summed E-state index contributed by atoms with van der Waals surface area (Å²) in [7, 11) is 0. The van der Waals surface area contributed by atoms with Crippen LogP contribution in [0.1, 0.15) is 32.6 Å². The van der Waals surface area contributed by atoms with E-state index in [1.54, 1.807) is 0 Å². The number of esters is 4. The fourth-order valence-electron chi connectivity index (χ4n) is 6.88. The summed E-state index contributed by atoms with van der Waals surface area (Å²) >= 11 is 0. The van der Waals surface area contributed by atoms with Crippen LogP contribution < -0.4 is 0 Å². The molecule has 0 aliphatic heterocycles. The number of ether oxygens (including phenoxy) is 4. The Labute approximate surface area is 329 Å². The van der Waals surface area contributed by atoms with Gasteiger partial charge in [0.25, 0.3) is 0 Å². The molecule has 5 atom stereocenters. The third-order valence-electron chi connectivity index (χ3n) is 10.2. The van der Waals surface area contributed by atoms with E-state index in [4.69, 9.17) is 4.74 Å². The highest BCUT2D eigenvalue weighted by molar-refractivity contribution is 5.88. The third kappa shape index (κ3) is 7.05. The number of halogens is 26. The number of hydrogen-bond donors (Lipinski definition) is 0. The first-order chi connectivity index (χ1) is 27.5. The van der Waals surface area contributed by atoms with Gasteiger partial charge in [0, 0.05) is 12.0 Å². The molecule has 0 saturated heterocycles. The van der Waals surface area contributed by atoms with Gasteiger partial charge in [-0.15, -0.1) is 0 Å². The highest BCUT2D eigenvalue weighted by Crippen LogP contribution is 2.76. The van der Waals surface area contributed by atoms with Gasteiger partial charge in [0.1, 0.15) is 17.8 Å². The van der Waals surface area contributed by atoms with Crippen molar-refractivity contribution in [3.8, 4) is 0 Å². The van der Waals surface area contributed by atoms with Crippen LogP contribution >= 0.6 is 0 Å². The maximum Gasteiger partial charge on any atom is 0.460 e. The van der Waals surface area contributed by atoms with Crippen LogP contribution in [0.25, 0.3) is 0 Å². The normalized spacial score (nSPS) is 25.5. The Morgan fingerprint density at radius 3 is 1.24 bits per heavy atom. The van der Waals surface area contributed by atoms with Gasteiger partial charge in [0.05, 0.1) is 5.41 Å². The number of carbonyl (C=O) groups excluding carboxylic acids is 4. The van der Waals surface area contributed by atoms with Gasteiger partial charge in [-0.05, 0) is 32.1 Å². The molecule has 0 aromatic heterocycles. The number of rotatable bonds is 16. The highest BCUT2D eigenvalue weighted by Gasteiger charge is 2.94. The average Bonchev–Trinajstić information content (AvgIpc) is 3.38. The van der Waals surface area contributed by atoms with Crippen LogP contribution in [0, 0.1) is 11.3 Å². The third-order valence-corrected chi connectivity index (χ3v) is 10.2. The Balaban J connectivity index is 2.04. The van der Waals surface area contributed by atoms with Crippen LogP contribution in [-0.2, 0) is 38.1 Å². The second-order valence-electron chi connectivity index (χ2n) is 14.1. The predicted octanol–water partition coefficient (Wildman–Crippen LogP) is 8.89. The van der Waals surface area contributed by atoms with E-state index in [1.807, 2.05) is 0 Å². The molecule has 0 radical (unpaired) electrons. The predicted molar refractivity (Wildman–Crippen MR) is 140 cm³/mol. The maximum atomic E-state index is 14.6. The monoisotopic (exact) mass is 988 g/mol. The lowest BCUT2D eigenvalue weighted by atomic mass is 9.39. The largest absolute Gasteiger partial charge is 0.460 e. The molecule has 0 aromatic rings. The summed E-state index contributed by atoms with van der Waals surface area (Å²) in [5.41, 5.74) is -6.25. The molecule has 3 saturated carbocycles. The molecule has 1 spiro atoms. The molecule has 0 aromatic carbocycles. The van der Waals surface area contributed by atoms with Gasteiger partial charge in [0.15, 0.2) is 6.61 Å². The van der Waals surface area contributed by atoms with Crippen molar-refractivity contribution in [3.05, 3.63) is 12.2 Å². The van der Waals surface area contributed by atoms with E-state index in [0.717, 1.165) is 6.92 Å². The van der Waals surface area contributed by atoms with E-state index in [1.165, 1.54) is 0 Å².